The summed E-state index contributed by atoms with van der Waals surface area (Å²) in [5, 5.41) is 61.0. The summed E-state index contributed by atoms with van der Waals surface area (Å²) in [6, 6.07) is 0. The Labute approximate surface area is 259 Å². The lowest BCUT2D eigenvalue weighted by atomic mass is 9.95. The normalized spacial score (nSPS) is 7.95. The molecule has 0 fully saturated rings. The van der Waals surface area contributed by atoms with E-state index >= 15 is 0 Å². The van der Waals surface area contributed by atoms with Crippen molar-refractivity contribution >= 4 is 47.8 Å². The molecule has 0 radical (unpaired) electrons. The molecule has 0 aromatic heterocycles. The van der Waals surface area contributed by atoms with Crippen LogP contribution in [0.2, 0.25) is 0 Å². The minimum atomic E-state index is -0.833. The highest BCUT2D eigenvalue weighted by Crippen LogP contribution is 2.18. The largest absolute Gasteiger partial charge is 0.481 e. The molecule has 0 aromatic carbocycles. The Bertz CT molecular complexity index is 575. The lowest BCUT2D eigenvalue weighted by Gasteiger charge is -2.11. The van der Waals surface area contributed by atoms with Gasteiger partial charge in [-0.1, -0.05) is 65.2 Å². The molecule has 0 saturated carbocycles. The van der Waals surface area contributed by atoms with Crippen LogP contribution in [0, 0.1) is 5.92 Å². The number of unbranched alkanes of at least 4 members (excludes halogenated alkanes) is 6. The molecule has 0 aliphatic heterocycles. The Morgan fingerprint density at radius 2 is 0.523 bits per heavy atom. The second-order valence-electron chi connectivity index (χ2n) is 8.37. The number of hydrogen-bond acceptors (Lipinski definition) is 8. The summed E-state index contributed by atoms with van der Waals surface area (Å²) in [7, 11) is 0. The molecule has 0 rings (SSSR count). The van der Waals surface area contributed by atoms with Crippen LogP contribution in [0.5, 0.6) is 0 Å². The third-order valence-corrected chi connectivity index (χ3v) is 3.16. The molecular weight excluding hydrogens is 592 g/mol. The predicted octanol–water partition coefficient (Wildman–Crippen LogP) is 5.26. The highest BCUT2D eigenvalue weighted by atomic mass is 16.4. The molecule has 0 aromatic rings. The molecule has 0 saturated heterocycles. The Morgan fingerprint density at radius 1 is 0.364 bits per heavy atom. The Kier molecular flexibility index (Phi) is 69.3. The maximum Gasteiger partial charge on any atom is 0.306 e. The molecule has 16 nitrogen and oxygen atoms in total. The fraction of sp³-hybridized carbons (Fsp3) is 0.714. The Balaban J connectivity index is -0.0000000636. The van der Waals surface area contributed by atoms with Crippen LogP contribution in [-0.4, -0.2) is 88.6 Å². The van der Waals surface area contributed by atoms with E-state index in [1.165, 1.54) is 38.5 Å². The first-order valence-corrected chi connectivity index (χ1v) is 13.4. The summed E-state index contributed by atoms with van der Waals surface area (Å²) in [4.78, 5) is 74.0. The van der Waals surface area contributed by atoms with E-state index in [1.807, 2.05) is 0 Å². The molecular formula is C28H56O16. The van der Waals surface area contributed by atoms with Gasteiger partial charge in [-0.2, -0.15) is 0 Å². The van der Waals surface area contributed by atoms with Crippen LogP contribution in [0.15, 0.2) is 0 Å². The van der Waals surface area contributed by atoms with Gasteiger partial charge in [-0.25, -0.2) is 0 Å². The number of aliphatic carboxylic acids is 8. The van der Waals surface area contributed by atoms with Crippen molar-refractivity contribution in [1.29, 1.82) is 0 Å². The second-order valence-corrected chi connectivity index (χ2v) is 8.37. The predicted molar refractivity (Wildman–Crippen MR) is 162 cm³/mol. The van der Waals surface area contributed by atoms with Gasteiger partial charge in [0, 0.05) is 48.5 Å². The SMILES string of the molecule is CC(=O)O.CC(=O)O.CC(=O)O.CC(=O)O.CC(=O)O.CC(=O)O.CC(=O)O.CCCCCCC(CCCCCC)C(=O)O. The molecule has 0 spiro atoms. The standard InChI is InChI=1S/C14H28O2.7C2H4O2/c1-3-5-7-9-11-13(14(15)16)12-10-8-6-4-2;7*1-2(3)4/h13H,3-12H2,1-2H3,(H,15,16);7*1H3,(H,3,4). The van der Waals surface area contributed by atoms with Crippen molar-refractivity contribution < 1.29 is 79.2 Å². The molecule has 44 heavy (non-hydrogen) atoms. The van der Waals surface area contributed by atoms with Crippen molar-refractivity contribution in [2.45, 2.75) is 127 Å². The zero-order chi connectivity index (χ0) is 37.3. The van der Waals surface area contributed by atoms with Crippen molar-refractivity contribution in [3.8, 4) is 0 Å². The van der Waals surface area contributed by atoms with Crippen LogP contribution in [0.25, 0.3) is 0 Å². The highest BCUT2D eigenvalue weighted by Gasteiger charge is 2.15. The third kappa shape index (κ3) is 369. The van der Waals surface area contributed by atoms with Crippen LogP contribution in [-0.2, 0) is 38.4 Å². The average molecular weight is 649 g/mol. The second kappa shape index (κ2) is 51.5. The van der Waals surface area contributed by atoms with Gasteiger partial charge >= 0.3 is 5.97 Å². The van der Waals surface area contributed by atoms with Crippen molar-refractivity contribution in [1.82, 2.24) is 0 Å². The number of hydrogen-bond donors (Lipinski definition) is 8. The molecule has 0 unspecified atom stereocenters. The smallest absolute Gasteiger partial charge is 0.306 e. The maximum atomic E-state index is 11.0. The maximum absolute atomic E-state index is 11.0. The van der Waals surface area contributed by atoms with Gasteiger partial charge in [-0.15, -0.1) is 0 Å². The van der Waals surface area contributed by atoms with Gasteiger partial charge in [0.2, 0.25) is 0 Å². The fourth-order valence-electron chi connectivity index (χ4n) is 2.03. The van der Waals surface area contributed by atoms with E-state index in [2.05, 4.69) is 13.8 Å². The van der Waals surface area contributed by atoms with E-state index in [0.717, 1.165) is 74.1 Å². The van der Waals surface area contributed by atoms with Gasteiger partial charge in [0.1, 0.15) is 0 Å². The van der Waals surface area contributed by atoms with E-state index in [4.69, 9.17) is 74.4 Å². The van der Waals surface area contributed by atoms with E-state index < -0.39 is 47.8 Å². The summed E-state index contributed by atoms with van der Waals surface area (Å²) in [5.41, 5.74) is 0. The molecule has 264 valence electrons. The molecule has 0 atom stereocenters. The zero-order valence-electron chi connectivity index (χ0n) is 27.5. The molecule has 0 heterocycles. The third-order valence-electron chi connectivity index (χ3n) is 3.16. The number of carbonyl (C=O) groups is 8. The lowest BCUT2D eigenvalue weighted by molar-refractivity contribution is -0.142. The van der Waals surface area contributed by atoms with E-state index in [-0.39, 0.29) is 5.92 Å². The molecule has 0 bridgehead atoms. The first-order valence-electron chi connectivity index (χ1n) is 13.4. The topological polar surface area (TPSA) is 298 Å². The number of carboxylic acid groups (broad SMARTS) is 8. The summed E-state index contributed by atoms with van der Waals surface area (Å²) in [5.74, 6) is -6.51. The van der Waals surface area contributed by atoms with Crippen molar-refractivity contribution in [2.75, 3.05) is 0 Å². The minimum absolute atomic E-state index is 0.0892. The summed E-state index contributed by atoms with van der Waals surface area (Å²) in [6.07, 6.45) is 11.2. The van der Waals surface area contributed by atoms with E-state index in [9.17, 15) is 4.79 Å². The van der Waals surface area contributed by atoms with Crippen molar-refractivity contribution in [2.24, 2.45) is 5.92 Å². The van der Waals surface area contributed by atoms with Crippen LogP contribution in [0.3, 0.4) is 0 Å². The Hall–Kier alpha value is -4.24. The molecule has 0 aliphatic rings. The van der Waals surface area contributed by atoms with Crippen LogP contribution in [0.1, 0.15) is 127 Å². The van der Waals surface area contributed by atoms with E-state index in [1.54, 1.807) is 0 Å². The summed E-state index contributed by atoms with van der Waals surface area (Å²) in [6.45, 7) is 11.9. The Morgan fingerprint density at radius 3 is 0.636 bits per heavy atom. The quantitative estimate of drug-likeness (QED) is 0.132. The van der Waals surface area contributed by atoms with Gasteiger partial charge in [0.05, 0.1) is 5.92 Å². The van der Waals surface area contributed by atoms with Gasteiger partial charge in [0.15, 0.2) is 0 Å². The van der Waals surface area contributed by atoms with Gasteiger partial charge < -0.3 is 40.9 Å². The first-order chi connectivity index (χ1) is 19.8. The number of rotatable bonds is 11. The van der Waals surface area contributed by atoms with Gasteiger partial charge in [0.25, 0.3) is 41.8 Å². The molecule has 8 N–H and O–H groups in total. The van der Waals surface area contributed by atoms with Crippen LogP contribution in [0.4, 0.5) is 0 Å². The summed E-state index contributed by atoms with van der Waals surface area (Å²) >= 11 is 0. The van der Waals surface area contributed by atoms with E-state index in [0.29, 0.717) is 0 Å². The lowest BCUT2D eigenvalue weighted by Crippen LogP contribution is -2.13. The minimum Gasteiger partial charge on any atom is -0.481 e. The fourth-order valence-corrected chi connectivity index (χ4v) is 2.03. The van der Waals surface area contributed by atoms with Crippen molar-refractivity contribution in [3.63, 3.8) is 0 Å². The molecule has 0 aliphatic carbocycles. The van der Waals surface area contributed by atoms with Crippen molar-refractivity contribution in [3.05, 3.63) is 0 Å². The van der Waals surface area contributed by atoms with Gasteiger partial charge in [-0.05, 0) is 12.8 Å². The summed E-state index contributed by atoms with van der Waals surface area (Å²) < 4.78 is 0. The van der Waals surface area contributed by atoms with Gasteiger partial charge in [-0.3, -0.25) is 38.4 Å². The van der Waals surface area contributed by atoms with Crippen LogP contribution >= 0.6 is 0 Å². The van der Waals surface area contributed by atoms with Crippen LogP contribution < -0.4 is 0 Å². The molecule has 0 amide bonds. The average Bonchev–Trinajstić information content (AvgIpc) is 2.75. The number of carboxylic acids is 8. The highest BCUT2D eigenvalue weighted by molar-refractivity contribution is 5.69. The molecule has 16 heteroatoms. The first kappa shape index (κ1) is 59.2. The monoisotopic (exact) mass is 648 g/mol. The zero-order valence-corrected chi connectivity index (χ0v) is 27.5.